The molecule has 1 aromatic rings. The first-order chi connectivity index (χ1) is 11.4. The summed E-state index contributed by atoms with van der Waals surface area (Å²) >= 11 is 0. The molecule has 0 aromatic heterocycles. The Morgan fingerprint density at radius 3 is 2.58 bits per heavy atom. The van der Waals surface area contributed by atoms with Gasteiger partial charge in [-0.15, -0.1) is 0 Å². The summed E-state index contributed by atoms with van der Waals surface area (Å²) in [6.07, 6.45) is 0.856. The maximum Gasteiger partial charge on any atom is 0.223 e. The number of benzene rings is 1. The van der Waals surface area contributed by atoms with Crippen LogP contribution in [-0.2, 0) is 14.6 Å². The van der Waals surface area contributed by atoms with Crippen molar-refractivity contribution in [2.75, 3.05) is 40.1 Å². The lowest BCUT2D eigenvalue weighted by molar-refractivity contribution is -0.131. The topological polar surface area (TPSA) is 84.9 Å². The molecule has 1 aromatic carbocycles. The average Bonchev–Trinajstić information content (AvgIpc) is 3.12. The number of amides is 1. The van der Waals surface area contributed by atoms with Crippen molar-refractivity contribution in [1.82, 2.24) is 10.2 Å². The SMILES string of the molecule is COc1ccc(S(=O)(=O)CCC(=O)N(C)[C@H]2CCNC2)cc1OC. The number of carbonyl (C=O) groups excluding carboxylic acids is 1. The highest BCUT2D eigenvalue weighted by Gasteiger charge is 2.25. The minimum Gasteiger partial charge on any atom is -0.493 e. The zero-order chi connectivity index (χ0) is 17.7. The highest BCUT2D eigenvalue weighted by molar-refractivity contribution is 7.91. The summed E-state index contributed by atoms with van der Waals surface area (Å²) in [6.45, 7) is 1.64. The largest absolute Gasteiger partial charge is 0.493 e. The second kappa shape index (κ2) is 7.85. The van der Waals surface area contributed by atoms with Crippen molar-refractivity contribution in [3.63, 3.8) is 0 Å². The van der Waals surface area contributed by atoms with E-state index in [1.54, 1.807) is 18.0 Å². The van der Waals surface area contributed by atoms with E-state index in [9.17, 15) is 13.2 Å². The summed E-state index contributed by atoms with van der Waals surface area (Å²) in [4.78, 5) is 14.0. The van der Waals surface area contributed by atoms with Crippen molar-refractivity contribution < 1.29 is 22.7 Å². The van der Waals surface area contributed by atoms with Gasteiger partial charge in [0.25, 0.3) is 0 Å². The van der Waals surface area contributed by atoms with E-state index in [0.29, 0.717) is 11.5 Å². The Morgan fingerprint density at radius 2 is 2.00 bits per heavy atom. The Labute approximate surface area is 142 Å². The lowest BCUT2D eigenvalue weighted by Gasteiger charge is -2.23. The first kappa shape index (κ1) is 18.5. The third kappa shape index (κ3) is 4.18. The predicted octanol–water partition coefficient (Wildman–Crippen LogP) is 0.688. The quantitative estimate of drug-likeness (QED) is 0.774. The lowest BCUT2D eigenvalue weighted by atomic mass is 10.2. The van der Waals surface area contributed by atoms with Crippen molar-refractivity contribution >= 4 is 15.7 Å². The number of nitrogens with one attached hydrogen (secondary N) is 1. The van der Waals surface area contributed by atoms with Crippen LogP contribution in [0.5, 0.6) is 11.5 Å². The third-order valence-electron chi connectivity index (χ3n) is 4.27. The molecule has 1 saturated heterocycles. The van der Waals surface area contributed by atoms with Crippen LogP contribution in [0.25, 0.3) is 0 Å². The Balaban J connectivity index is 2.04. The molecule has 7 nitrogen and oxygen atoms in total. The fourth-order valence-corrected chi connectivity index (χ4v) is 3.94. The van der Waals surface area contributed by atoms with Crippen molar-refractivity contribution in [3.05, 3.63) is 18.2 Å². The van der Waals surface area contributed by atoms with Crippen LogP contribution in [0.2, 0.25) is 0 Å². The molecule has 8 heteroatoms. The molecule has 1 amide bonds. The van der Waals surface area contributed by atoms with Gasteiger partial charge >= 0.3 is 0 Å². The molecule has 0 aliphatic carbocycles. The van der Waals surface area contributed by atoms with Crippen LogP contribution in [0.4, 0.5) is 0 Å². The highest BCUT2D eigenvalue weighted by atomic mass is 32.2. The van der Waals surface area contributed by atoms with Gasteiger partial charge in [0.1, 0.15) is 0 Å². The number of rotatable bonds is 7. The number of likely N-dealkylation sites (N-methyl/N-ethyl adjacent to an activating group) is 1. The smallest absolute Gasteiger partial charge is 0.223 e. The van der Waals surface area contributed by atoms with Gasteiger partial charge < -0.3 is 19.7 Å². The van der Waals surface area contributed by atoms with Crippen molar-refractivity contribution in [2.45, 2.75) is 23.8 Å². The van der Waals surface area contributed by atoms with Crippen LogP contribution in [0.3, 0.4) is 0 Å². The zero-order valence-corrected chi connectivity index (χ0v) is 15.1. The average molecular weight is 356 g/mol. The van der Waals surface area contributed by atoms with Gasteiger partial charge in [-0.05, 0) is 25.1 Å². The van der Waals surface area contributed by atoms with E-state index in [1.165, 1.54) is 26.4 Å². The predicted molar refractivity (Wildman–Crippen MR) is 90.3 cm³/mol. The fraction of sp³-hybridized carbons (Fsp3) is 0.562. The molecule has 1 aliphatic heterocycles. The summed E-state index contributed by atoms with van der Waals surface area (Å²) < 4.78 is 35.2. The van der Waals surface area contributed by atoms with E-state index in [4.69, 9.17) is 9.47 Å². The first-order valence-corrected chi connectivity index (χ1v) is 9.45. The summed E-state index contributed by atoms with van der Waals surface area (Å²) in [5.41, 5.74) is 0. The summed E-state index contributed by atoms with van der Waals surface area (Å²) in [5.74, 6) is 0.416. The molecule has 134 valence electrons. The van der Waals surface area contributed by atoms with Gasteiger partial charge in [0.05, 0.1) is 24.9 Å². The van der Waals surface area contributed by atoms with Crippen LogP contribution in [0, 0.1) is 0 Å². The molecule has 1 aliphatic rings. The van der Waals surface area contributed by atoms with Gasteiger partial charge in [0.2, 0.25) is 5.91 Å². The Kier molecular flexibility index (Phi) is 6.06. The number of methoxy groups -OCH3 is 2. The second-order valence-electron chi connectivity index (χ2n) is 5.74. The minimum atomic E-state index is -3.57. The van der Waals surface area contributed by atoms with Gasteiger partial charge in [-0.2, -0.15) is 0 Å². The molecule has 0 spiro atoms. The van der Waals surface area contributed by atoms with Crippen molar-refractivity contribution in [2.24, 2.45) is 0 Å². The van der Waals surface area contributed by atoms with Crippen LogP contribution >= 0.6 is 0 Å². The molecule has 1 N–H and O–H groups in total. The molecule has 1 heterocycles. The van der Waals surface area contributed by atoms with Crippen LogP contribution < -0.4 is 14.8 Å². The molecule has 0 bridgehead atoms. The number of sulfone groups is 1. The Bertz CT molecular complexity index is 684. The summed E-state index contributed by atoms with van der Waals surface area (Å²) in [7, 11) is 1.09. The van der Waals surface area contributed by atoms with Gasteiger partial charge in [0, 0.05) is 32.1 Å². The molecule has 0 unspecified atom stereocenters. The molecular formula is C16H24N2O5S. The standard InChI is InChI=1S/C16H24N2O5S/c1-18(12-6-8-17-11-12)16(19)7-9-24(20,21)13-4-5-14(22-2)15(10-13)23-3/h4-5,10,12,17H,6-9,11H2,1-3H3/t12-/m0/s1. The number of hydrogen-bond donors (Lipinski definition) is 1. The maximum atomic E-state index is 12.5. The maximum absolute atomic E-state index is 12.5. The number of carbonyl (C=O) groups is 1. The molecule has 2 rings (SSSR count). The normalized spacial score (nSPS) is 17.5. The van der Waals surface area contributed by atoms with Crippen molar-refractivity contribution in [3.8, 4) is 11.5 Å². The molecule has 1 fully saturated rings. The van der Waals surface area contributed by atoms with Crippen LogP contribution in [-0.4, -0.2) is 65.4 Å². The van der Waals surface area contributed by atoms with Crippen LogP contribution in [0.15, 0.2) is 23.1 Å². The van der Waals surface area contributed by atoms with E-state index in [0.717, 1.165) is 19.5 Å². The van der Waals surface area contributed by atoms with Crippen LogP contribution in [0.1, 0.15) is 12.8 Å². The Morgan fingerprint density at radius 1 is 1.29 bits per heavy atom. The molecule has 0 saturated carbocycles. The van der Waals surface area contributed by atoms with Gasteiger partial charge in [-0.25, -0.2) is 8.42 Å². The first-order valence-electron chi connectivity index (χ1n) is 7.80. The fourth-order valence-electron chi connectivity index (χ4n) is 2.70. The molecule has 0 radical (unpaired) electrons. The minimum absolute atomic E-state index is 0.0380. The van der Waals surface area contributed by atoms with E-state index in [1.807, 2.05) is 0 Å². The second-order valence-corrected chi connectivity index (χ2v) is 7.85. The number of hydrogen-bond acceptors (Lipinski definition) is 6. The number of ether oxygens (including phenoxy) is 2. The monoisotopic (exact) mass is 356 g/mol. The zero-order valence-electron chi connectivity index (χ0n) is 14.2. The van der Waals surface area contributed by atoms with Gasteiger partial charge in [-0.3, -0.25) is 4.79 Å². The van der Waals surface area contributed by atoms with E-state index < -0.39 is 9.84 Å². The molecule has 1 atom stereocenters. The van der Waals surface area contributed by atoms with E-state index in [2.05, 4.69) is 5.32 Å². The summed E-state index contributed by atoms with van der Waals surface area (Å²) in [5, 5.41) is 3.19. The highest BCUT2D eigenvalue weighted by Crippen LogP contribution is 2.30. The van der Waals surface area contributed by atoms with Gasteiger partial charge in [-0.1, -0.05) is 0 Å². The lowest BCUT2D eigenvalue weighted by Crippen LogP contribution is -2.39. The van der Waals surface area contributed by atoms with E-state index >= 15 is 0 Å². The van der Waals surface area contributed by atoms with Gasteiger partial charge in [0.15, 0.2) is 21.3 Å². The molecular weight excluding hydrogens is 332 g/mol. The summed E-state index contributed by atoms with van der Waals surface area (Å²) in [6, 6.07) is 4.57. The third-order valence-corrected chi connectivity index (χ3v) is 5.99. The van der Waals surface area contributed by atoms with E-state index in [-0.39, 0.29) is 29.0 Å². The Hall–Kier alpha value is -1.80. The molecule has 24 heavy (non-hydrogen) atoms. The van der Waals surface area contributed by atoms with Crippen molar-refractivity contribution in [1.29, 1.82) is 0 Å². The number of nitrogens with zero attached hydrogens (tertiary/aromatic N) is 1.